The van der Waals surface area contributed by atoms with Gasteiger partial charge in [0, 0.05) is 30.0 Å². The maximum atomic E-state index is 13.1. The topological polar surface area (TPSA) is 79.4 Å². The lowest BCUT2D eigenvalue weighted by atomic mass is 10.1. The molecule has 2 aliphatic heterocycles. The van der Waals surface area contributed by atoms with Crippen molar-refractivity contribution in [2.75, 3.05) is 23.3 Å². The van der Waals surface area contributed by atoms with Crippen molar-refractivity contribution in [1.29, 1.82) is 0 Å². The van der Waals surface area contributed by atoms with E-state index in [0.717, 1.165) is 41.9 Å². The van der Waals surface area contributed by atoms with Crippen molar-refractivity contribution in [1.82, 2.24) is 15.3 Å². The number of nitrogens with zero attached hydrogens (tertiary/aromatic N) is 3. The lowest BCUT2D eigenvalue weighted by Crippen LogP contribution is -2.33. The van der Waals surface area contributed by atoms with Crippen LogP contribution in [0, 0.1) is 0 Å². The molecule has 0 saturated carbocycles. The molecule has 0 bridgehead atoms. The number of aromatic nitrogens is 2. The molecule has 0 saturated heterocycles. The van der Waals surface area contributed by atoms with Gasteiger partial charge in [0.1, 0.15) is 12.1 Å². The highest BCUT2D eigenvalue weighted by atomic mass is 35.5. The molecule has 2 aliphatic rings. The Morgan fingerprint density at radius 1 is 1.15 bits per heavy atom. The number of hydrogen-bond acceptors (Lipinski definition) is 5. The number of fused-ring (bicyclic) bond motifs is 2. The third-order valence-electron chi connectivity index (χ3n) is 5.77. The van der Waals surface area contributed by atoms with Gasteiger partial charge in [0.05, 0.1) is 16.3 Å². The van der Waals surface area contributed by atoms with Crippen LogP contribution in [0.2, 0.25) is 5.02 Å². The highest BCUT2D eigenvalue weighted by Gasteiger charge is 2.34. The average Bonchev–Trinajstić information content (AvgIpc) is 3.23. The molecular formula is C23H19ClF3N5O2. The molecule has 34 heavy (non-hydrogen) atoms. The molecule has 11 heteroatoms. The molecule has 1 aromatic heterocycles. The fourth-order valence-corrected chi connectivity index (χ4v) is 4.34. The highest BCUT2D eigenvalue weighted by molar-refractivity contribution is 6.31. The van der Waals surface area contributed by atoms with Gasteiger partial charge in [-0.3, -0.25) is 4.90 Å². The maximum absolute atomic E-state index is 13.1. The van der Waals surface area contributed by atoms with E-state index in [0.29, 0.717) is 36.8 Å². The second-order valence-electron chi connectivity index (χ2n) is 7.95. The van der Waals surface area contributed by atoms with E-state index < -0.39 is 22.8 Å². The molecule has 5 rings (SSSR count). The number of ether oxygens (including phenoxy) is 1. The van der Waals surface area contributed by atoms with Crippen LogP contribution in [0.1, 0.15) is 22.4 Å². The molecule has 0 unspecified atom stereocenters. The Labute approximate surface area is 197 Å². The second-order valence-corrected chi connectivity index (χ2v) is 8.35. The van der Waals surface area contributed by atoms with E-state index in [2.05, 4.69) is 20.6 Å². The predicted molar refractivity (Wildman–Crippen MR) is 120 cm³/mol. The molecule has 2 N–H and O–H groups in total. The largest absolute Gasteiger partial charge is 0.439 e. The van der Waals surface area contributed by atoms with Crippen molar-refractivity contribution in [3.63, 3.8) is 0 Å². The lowest BCUT2D eigenvalue weighted by Gasteiger charge is -2.20. The van der Waals surface area contributed by atoms with Crippen molar-refractivity contribution < 1.29 is 22.7 Å². The van der Waals surface area contributed by atoms with Crippen LogP contribution in [0.3, 0.4) is 0 Å². The van der Waals surface area contributed by atoms with Crippen LogP contribution in [0.15, 0.2) is 42.7 Å². The summed E-state index contributed by atoms with van der Waals surface area (Å²) >= 11 is 5.66. The molecular weight excluding hydrogens is 471 g/mol. The van der Waals surface area contributed by atoms with Crippen LogP contribution < -0.4 is 20.3 Å². The standard InChI is InChI=1S/C23H19ClF3N5O2/c24-18-3-1-14(10-17(18)23(25,26)27)31-22(33)32-8-6-13-9-15(2-4-20(13)32)34-21-16-5-7-28-11-19(16)29-12-30-21/h1-4,9-10,12,28H,5-8,11H2,(H,31,33). The third-order valence-corrected chi connectivity index (χ3v) is 6.10. The van der Waals surface area contributed by atoms with Gasteiger partial charge < -0.3 is 15.4 Å². The fourth-order valence-electron chi connectivity index (χ4n) is 4.12. The van der Waals surface area contributed by atoms with Gasteiger partial charge in [-0.2, -0.15) is 13.2 Å². The average molecular weight is 490 g/mol. The van der Waals surface area contributed by atoms with Gasteiger partial charge >= 0.3 is 12.2 Å². The number of hydrogen-bond donors (Lipinski definition) is 2. The summed E-state index contributed by atoms with van der Waals surface area (Å²) in [7, 11) is 0. The van der Waals surface area contributed by atoms with E-state index in [1.165, 1.54) is 17.3 Å². The van der Waals surface area contributed by atoms with Crippen LogP contribution in [0.4, 0.5) is 29.3 Å². The Kier molecular flexibility index (Phi) is 5.78. The Morgan fingerprint density at radius 3 is 2.82 bits per heavy atom. The Hall–Kier alpha value is -3.37. The summed E-state index contributed by atoms with van der Waals surface area (Å²) in [4.78, 5) is 22.9. The highest BCUT2D eigenvalue weighted by Crippen LogP contribution is 2.37. The van der Waals surface area contributed by atoms with Gasteiger partial charge in [-0.1, -0.05) is 11.6 Å². The number of urea groups is 1. The first-order chi connectivity index (χ1) is 16.3. The molecule has 3 heterocycles. The molecule has 0 radical (unpaired) electrons. The zero-order valence-electron chi connectivity index (χ0n) is 17.7. The molecule has 2 amide bonds. The molecule has 7 nitrogen and oxygen atoms in total. The number of benzene rings is 2. The monoisotopic (exact) mass is 489 g/mol. The van der Waals surface area contributed by atoms with E-state index in [4.69, 9.17) is 16.3 Å². The number of carbonyl (C=O) groups is 1. The van der Waals surface area contributed by atoms with E-state index >= 15 is 0 Å². The van der Waals surface area contributed by atoms with Crippen molar-refractivity contribution in [2.24, 2.45) is 0 Å². The minimum absolute atomic E-state index is 0.0122. The van der Waals surface area contributed by atoms with Crippen molar-refractivity contribution >= 4 is 29.0 Å². The van der Waals surface area contributed by atoms with E-state index in [-0.39, 0.29) is 5.69 Å². The minimum atomic E-state index is -4.62. The molecule has 2 aromatic carbocycles. The molecule has 3 aromatic rings. The third kappa shape index (κ3) is 4.38. The quantitative estimate of drug-likeness (QED) is 0.530. The van der Waals surface area contributed by atoms with Gasteiger partial charge in [0.25, 0.3) is 0 Å². The number of alkyl halides is 3. The Morgan fingerprint density at radius 2 is 2.00 bits per heavy atom. The summed E-state index contributed by atoms with van der Waals surface area (Å²) in [6.07, 6.45) is -1.79. The van der Waals surface area contributed by atoms with Gasteiger partial charge in [0.2, 0.25) is 5.88 Å². The number of amides is 2. The summed E-state index contributed by atoms with van der Waals surface area (Å²) in [5.74, 6) is 1.11. The first kappa shape index (κ1) is 22.4. The SMILES string of the molecule is O=C(Nc1ccc(Cl)c(C(F)(F)F)c1)N1CCc2cc(Oc3ncnc4c3CCNC4)ccc21. The molecule has 0 spiro atoms. The zero-order chi connectivity index (χ0) is 23.9. The van der Waals surface area contributed by atoms with Crippen LogP contribution in [0.25, 0.3) is 0 Å². The number of nitrogens with one attached hydrogen (secondary N) is 2. The Bertz CT molecular complexity index is 1270. The Balaban J connectivity index is 1.32. The molecule has 176 valence electrons. The number of carbonyl (C=O) groups excluding carboxylic acids is 1. The van der Waals surface area contributed by atoms with Crippen LogP contribution in [0.5, 0.6) is 11.6 Å². The van der Waals surface area contributed by atoms with E-state index in [1.54, 1.807) is 12.1 Å². The van der Waals surface area contributed by atoms with Crippen molar-refractivity contribution in [3.8, 4) is 11.6 Å². The summed E-state index contributed by atoms with van der Waals surface area (Å²) in [5, 5.41) is 5.36. The van der Waals surface area contributed by atoms with Crippen molar-refractivity contribution in [2.45, 2.75) is 25.6 Å². The first-order valence-electron chi connectivity index (χ1n) is 10.6. The molecule has 0 fully saturated rings. The van der Waals surface area contributed by atoms with Gasteiger partial charge in [0.15, 0.2) is 0 Å². The van der Waals surface area contributed by atoms with Gasteiger partial charge in [-0.05, 0) is 61.3 Å². The zero-order valence-corrected chi connectivity index (χ0v) is 18.5. The lowest BCUT2D eigenvalue weighted by molar-refractivity contribution is -0.137. The summed E-state index contributed by atoms with van der Waals surface area (Å²) < 4.78 is 45.4. The van der Waals surface area contributed by atoms with Crippen LogP contribution in [-0.2, 0) is 25.6 Å². The van der Waals surface area contributed by atoms with E-state index in [9.17, 15) is 18.0 Å². The summed E-state index contributed by atoms with van der Waals surface area (Å²) in [6.45, 7) is 1.88. The summed E-state index contributed by atoms with van der Waals surface area (Å²) in [5.41, 5.74) is 2.46. The predicted octanol–water partition coefficient (Wildman–Crippen LogP) is 5.18. The van der Waals surface area contributed by atoms with Gasteiger partial charge in [-0.15, -0.1) is 0 Å². The normalized spacial score (nSPS) is 15.0. The number of rotatable bonds is 3. The molecule has 0 aliphatic carbocycles. The number of anilines is 2. The number of halogens is 4. The molecule has 0 atom stereocenters. The summed E-state index contributed by atoms with van der Waals surface area (Å²) in [6, 6.07) is 8.10. The van der Waals surface area contributed by atoms with Crippen LogP contribution >= 0.6 is 11.6 Å². The van der Waals surface area contributed by atoms with E-state index in [1.807, 2.05) is 6.07 Å². The van der Waals surface area contributed by atoms with Crippen molar-refractivity contribution in [3.05, 3.63) is 70.1 Å². The maximum Gasteiger partial charge on any atom is 0.417 e. The first-order valence-corrected chi connectivity index (χ1v) is 11.0. The fraction of sp³-hybridized carbons (Fsp3) is 0.261. The minimum Gasteiger partial charge on any atom is -0.439 e. The second kappa shape index (κ2) is 8.77. The van der Waals surface area contributed by atoms with Crippen LogP contribution in [-0.4, -0.2) is 29.1 Å². The van der Waals surface area contributed by atoms with Gasteiger partial charge in [-0.25, -0.2) is 14.8 Å². The smallest absolute Gasteiger partial charge is 0.417 e.